The molecule has 0 saturated heterocycles. The molecule has 0 atom stereocenters. The van der Waals surface area contributed by atoms with Crippen LogP contribution in [0, 0.1) is 0 Å². The zero-order chi connectivity index (χ0) is 11.8. The Morgan fingerprint density at radius 1 is 0.929 bits per heavy atom. The van der Waals surface area contributed by atoms with Gasteiger partial charge in [-0.1, -0.05) is 0 Å². The Labute approximate surface area is 76.7 Å². The van der Waals surface area contributed by atoms with Crippen LogP contribution in [0.15, 0.2) is 0 Å². The molecule has 0 aliphatic heterocycles. The van der Waals surface area contributed by atoms with Gasteiger partial charge in [0.25, 0.3) is 0 Å². The van der Waals surface area contributed by atoms with Crippen LogP contribution in [0.25, 0.3) is 0 Å². The van der Waals surface area contributed by atoms with Gasteiger partial charge in [0.15, 0.2) is 0 Å². The molecule has 2 nitrogen and oxygen atoms in total. The Kier molecular flexibility index (Phi) is 3.27. The first-order chi connectivity index (χ1) is 5.98. The summed E-state index contributed by atoms with van der Waals surface area (Å²) in [7, 11) is 0. The molecule has 14 heavy (non-hydrogen) atoms. The van der Waals surface area contributed by atoms with E-state index in [1.165, 1.54) is 0 Å². The SMILES string of the molecule is O=C(OCl)C(F)(C(F)(F)F)C(F)(F)F. The zero-order valence-corrected chi connectivity index (χ0v) is 6.60. The second-order valence-electron chi connectivity index (χ2n) is 2.02. The van der Waals surface area contributed by atoms with Crippen molar-refractivity contribution in [2.45, 2.75) is 18.0 Å². The predicted molar refractivity (Wildman–Crippen MR) is 27.9 cm³/mol. The molecular formula is C4ClF7O2. The fourth-order valence-electron chi connectivity index (χ4n) is 0.445. The van der Waals surface area contributed by atoms with E-state index in [1.54, 1.807) is 0 Å². The van der Waals surface area contributed by atoms with E-state index in [9.17, 15) is 35.5 Å². The Balaban J connectivity index is 5.40. The molecular weight excluding hydrogens is 248 g/mol. The molecule has 0 unspecified atom stereocenters. The summed E-state index contributed by atoms with van der Waals surface area (Å²) in [5.74, 6) is -3.28. The molecule has 0 aromatic rings. The maximum atomic E-state index is 12.4. The Morgan fingerprint density at radius 3 is 1.29 bits per heavy atom. The van der Waals surface area contributed by atoms with E-state index in [0.717, 1.165) is 0 Å². The van der Waals surface area contributed by atoms with Crippen molar-refractivity contribution >= 4 is 17.8 Å². The molecule has 84 valence electrons. The van der Waals surface area contributed by atoms with Crippen molar-refractivity contribution in [3.8, 4) is 0 Å². The number of hydrogen-bond acceptors (Lipinski definition) is 2. The van der Waals surface area contributed by atoms with Gasteiger partial charge in [-0.3, -0.25) is 0 Å². The number of halogens is 8. The van der Waals surface area contributed by atoms with E-state index in [2.05, 4.69) is 16.2 Å². The molecule has 0 radical (unpaired) electrons. The van der Waals surface area contributed by atoms with Crippen molar-refractivity contribution in [1.82, 2.24) is 0 Å². The number of alkyl halides is 7. The topological polar surface area (TPSA) is 26.3 Å². The normalized spacial score (nSPS) is 14.0. The second-order valence-corrected chi connectivity index (χ2v) is 2.17. The summed E-state index contributed by atoms with van der Waals surface area (Å²) in [5, 5.41) is 0. The number of carbonyl (C=O) groups excluding carboxylic acids is 1. The van der Waals surface area contributed by atoms with E-state index in [1.807, 2.05) is 0 Å². The lowest BCUT2D eigenvalue weighted by Crippen LogP contribution is -2.59. The highest BCUT2D eigenvalue weighted by molar-refractivity contribution is 6.14. The molecule has 0 rings (SSSR count). The van der Waals surface area contributed by atoms with Crippen molar-refractivity contribution in [3.05, 3.63) is 0 Å². The van der Waals surface area contributed by atoms with E-state index in [-0.39, 0.29) is 0 Å². The summed E-state index contributed by atoms with van der Waals surface area (Å²) in [5.41, 5.74) is -6.11. The van der Waals surface area contributed by atoms with Gasteiger partial charge >= 0.3 is 24.0 Å². The van der Waals surface area contributed by atoms with E-state index < -0.39 is 24.0 Å². The maximum absolute atomic E-state index is 12.4. The van der Waals surface area contributed by atoms with Gasteiger partial charge in [-0.15, -0.1) is 0 Å². The lowest BCUT2D eigenvalue weighted by atomic mass is 10.1. The number of hydrogen-bond donors (Lipinski definition) is 0. The van der Waals surface area contributed by atoms with Gasteiger partial charge < -0.3 is 4.29 Å². The maximum Gasteiger partial charge on any atom is 0.443 e. The molecule has 0 N–H and O–H groups in total. The Bertz CT molecular complexity index is 217. The van der Waals surface area contributed by atoms with Crippen LogP contribution in [-0.2, 0) is 9.08 Å². The minimum absolute atomic E-state index is 2.59. The van der Waals surface area contributed by atoms with Gasteiger partial charge in [-0.2, -0.15) is 26.3 Å². The highest BCUT2D eigenvalue weighted by atomic mass is 35.5. The van der Waals surface area contributed by atoms with E-state index >= 15 is 0 Å². The fourth-order valence-corrected chi connectivity index (χ4v) is 0.552. The summed E-state index contributed by atoms with van der Waals surface area (Å²) in [4.78, 5) is 9.96. The van der Waals surface area contributed by atoms with Crippen LogP contribution in [0.1, 0.15) is 0 Å². The summed E-state index contributed by atoms with van der Waals surface area (Å²) in [6, 6.07) is 0. The van der Waals surface area contributed by atoms with Gasteiger partial charge in [0, 0.05) is 0 Å². The van der Waals surface area contributed by atoms with Crippen LogP contribution in [-0.4, -0.2) is 24.0 Å². The molecule has 0 heterocycles. The van der Waals surface area contributed by atoms with Crippen LogP contribution in [0.5, 0.6) is 0 Å². The van der Waals surface area contributed by atoms with Gasteiger partial charge in [-0.25, -0.2) is 9.18 Å². The Morgan fingerprint density at radius 2 is 1.21 bits per heavy atom. The largest absolute Gasteiger partial charge is 0.443 e. The molecule has 0 bridgehead atoms. The number of rotatable bonds is 1. The summed E-state index contributed by atoms with van der Waals surface area (Å²) < 4.78 is 84.5. The summed E-state index contributed by atoms with van der Waals surface area (Å²) in [6.45, 7) is 0. The highest BCUT2D eigenvalue weighted by Crippen LogP contribution is 2.47. The van der Waals surface area contributed by atoms with Crippen molar-refractivity contribution in [2.75, 3.05) is 0 Å². The third-order valence-corrected chi connectivity index (χ3v) is 1.27. The average molecular weight is 248 g/mol. The second kappa shape index (κ2) is 3.44. The predicted octanol–water partition coefficient (Wildman–Crippen LogP) is 2.52. The lowest BCUT2D eigenvalue weighted by Gasteiger charge is -2.26. The van der Waals surface area contributed by atoms with Crippen molar-refractivity contribution < 1.29 is 39.8 Å². The third kappa shape index (κ3) is 1.86. The molecule has 0 aliphatic carbocycles. The van der Waals surface area contributed by atoms with Gasteiger partial charge in [0.05, 0.1) is 0 Å². The van der Waals surface area contributed by atoms with Crippen LogP contribution >= 0.6 is 11.9 Å². The molecule has 0 spiro atoms. The minimum atomic E-state index is -6.49. The summed E-state index contributed by atoms with van der Waals surface area (Å²) >= 11 is 3.96. The zero-order valence-electron chi connectivity index (χ0n) is 5.84. The standard InChI is InChI=1S/C4ClF7O2/c5-14-1(13)2(6,3(7,8)9)4(10,11)12. The summed E-state index contributed by atoms with van der Waals surface area (Å²) in [6.07, 6.45) is -13.0. The van der Waals surface area contributed by atoms with Crippen LogP contribution in [0.2, 0.25) is 0 Å². The van der Waals surface area contributed by atoms with E-state index in [4.69, 9.17) is 0 Å². The minimum Gasteiger partial charge on any atom is -0.344 e. The van der Waals surface area contributed by atoms with Crippen LogP contribution in [0.3, 0.4) is 0 Å². The first kappa shape index (κ1) is 13.3. The smallest absolute Gasteiger partial charge is 0.344 e. The van der Waals surface area contributed by atoms with Crippen molar-refractivity contribution in [2.24, 2.45) is 0 Å². The molecule has 0 aromatic carbocycles. The number of carbonyl (C=O) groups is 1. The first-order valence-corrected chi connectivity index (χ1v) is 2.94. The molecule has 0 aliphatic rings. The molecule has 0 aromatic heterocycles. The molecule has 0 amide bonds. The Hall–Kier alpha value is -0.730. The van der Waals surface area contributed by atoms with Gasteiger partial charge in [0.2, 0.25) is 0 Å². The third-order valence-electron chi connectivity index (χ3n) is 1.13. The van der Waals surface area contributed by atoms with Gasteiger partial charge in [0.1, 0.15) is 11.9 Å². The highest BCUT2D eigenvalue weighted by Gasteiger charge is 2.79. The average Bonchev–Trinajstić information content (AvgIpc) is 1.97. The fraction of sp³-hybridized carbons (Fsp3) is 0.750. The molecule has 10 heteroatoms. The first-order valence-electron chi connectivity index (χ1n) is 2.64. The molecule has 0 saturated carbocycles. The van der Waals surface area contributed by atoms with Crippen molar-refractivity contribution in [3.63, 3.8) is 0 Å². The van der Waals surface area contributed by atoms with Crippen LogP contribution < -0.4 is 0 Å². The van der Waals surface area contributed by atoms with E-state index in [0.29, 0.717) is 0 Å². The van der Waals surface area contributed by atoms with Crippen LogP contribution in [0.4, 0.5) is 30.7 Å². The van der Waals surface area contributed by atoms with Gasteiger partial charge in [-0.05, 0) is 0 Å². The molecule has 0 fully saturated rings. The van der Waals surface area contributed by atoms with Crippen molar-refractivity contribution in [1.29, 1.82) is 0 Å². The monoisotopic (exact) mass is 248 g/mol. The lowest BCUT2D eigenvalue weighted by molar-refractivity contribution is -0.330. The quantitative estimate of drug-likeness (QED) is 0.667.